The van der Waals surface area contributed by atoms with Gasteiger partial charge in [0.05, 0.1) is 18.3 Å². The van der Waals surface area contributed by atoms with Crippen LogP contribution in [-0.2, 0) is 0 Å². The number of nitrogens with two attached hydrogens (primary N) is 1. The van der Waals surface area contributed by atoms with Crippen LogP contribution in [0.15, 0.2) is 16.9 Å². The van der Waals surface area contributed by atoms with Crippen molar-refractivity contribution in [3.05, 3.63) is 33.9 Å². The van der Waals surface area contributed by atoms with Crippen molar-refractivity contribution >= 4 is 16.6 Å². The number of hydrogen-bond donors (Lipinski definition) is 1. The van der Waals surface area contributed by atoms with Gasteiger partial charge in [-0.2, -0.15) is 0 Å². The number of rotatable bonds is 4. The van der Waals surface area contributed by atoms with Crippen molar-refractivity contribution in [1.82, 2.24) is 4.57 Å². The maximum absolute atomic E-state index is 15.1. The topological polar surface area (TPSA) is 60.5 Å². The van der Waals surface area contributed by atoms with Crippen LogP contribution in [0.5, 0.6) is 5.75 Å². The number of benzene rings is 1. The van der Waals surface area contributed by atoms with E-state index in [4.69, 9.17) is 10.5 Å². The van der Waals surface area contributed by atoms with Gasteiger partial charge in [0.15, 0.2) is 0 Å². The lowest BCUT2D eigenvalue weighted by Crippen LogP contribution is -2.30. The van der Waals surface area contributed by atoms with Gasteiger partial charge in [0.25, 0.3) is 5.56 Å². The molecule has 2 fully saturated rings. The molecular weight excluding hydrogens is 333 g/mol. The van der Waals surface area contributed by atoms with E-state index in [2.05, 4.69) is 4.90 Å². The van der Waals surface area contributed by atoms with E-state index in [0.717, 1.165) is 43.4 Å². The lowest BCUT2D eigenvalue weighted by atomic mass is 10.0. The van der Waals surface area contributed by atoms with E-state index >= 15 is 4.39 Å². The maximum Gasteiger partial charge on any atom is 0.255 e. The molecule has 1 aromatic heterocycles. The summed E-state index contributed by atoms with van der Waals surface area (Å²) in [6, 6.07) is 3.30. The third-order valence-corrected chi connectivity index (χ3v) is 5.88. The van der Waals surface area contributed by atoms with E-state index in [9.17, 15) is 4.79 Å². The fraction of sp³-hybridized carbons (Fsp3) is 0.550. The first-order valence-corrected chi connectivity index (χ1v) is 9.35. The molecule has 0 bridgehead atoms. The molecule has 140 valence electrons. The van der Waals surface area contributed by atoms with Crippen LogP contribution < -0.4 is 20.9 Å². The molecule has 0 amide bonds. The van der Waals surface area contributed by atoms with Crippen LogP contribution in [0.3, 0.4) is 0 Å². The number of fused-ring (bicyclic) bond motifs is 1. The summed E-state index contributed by atoms with van der Waals surface area (Å²) >= 11 is 0. The first-order chi connectivity index (χ1) is 12.4. The summed E-state index contributed by atoms with van der Waals surface area (Å²) in [5.41, 5.74) is 8.19. The number of aryl methyl sites for hydroxylation is 1. The minimum Gasteiger partial charge on any atom is -0.496 e. The van der Waals surface area contributed by atoms with E-state index in [1.54, 1.807) is 0 Å². The molecule has 0 unspecified atom stereocenters. The monoisotopic (exact) mass is 359 g/mol. The molecular formula is C20H26FN3O2. The lowest BCUT2D eigenvalue weighted by molar-refractivity contribution is 0.417. The predicted octanol–water partition coefficient (Wildman–Crippen LogP) is 2.97. The highest BCUT2D eigenvalue weighted by molar-refractivity contribution is 5.92. The van der Waals surface area contributed by atoms with Crippen LogP contribution in [0.1, 0.15) is 37.8 Å². The molecule has 0 spiro atoms. The SMILES string of the molecule is COc1cc(=O)n(C2CC2)c2c(C)c(N3CC[C@@H]([C@H](C)N)C3)c(F)cc12. The Morgan fingerprint density at radius 1 is 1.31 bits per heavy atom. The molecule has 2 heterocycles. The molecule has 0 radical (unpaired) electrons. The summed E-state index contributed by atoms with van der Waals surface area (Å²) in [5.74, 6) is 0.533. The number of aromatic nitrogens is 1. The van der Waals surface area contributed by atoms with Crippen LogP contribution >= 0.6 is 0 Å². The Hall–Kier alpha value is -2.08. The minimum absolute atomic E-state index is 0.0765. The Labute approximate surface area is 152 Å². The van der Waals surface area contributed by atoms with Crippen LogP contribution in [0.25, 0.3) is 10.9 Å². The van der Waals surface area contributed by atoms with Gasteiger partial charge in [0.1, 0.15) is 11.6 Å². The van der Waals surface area contributed by atoms with E-state index in [1.807, 2.05) is 18.4 Å². The van der Waals surface area contributed by atoms with E-state index in [-0.39, 0.29) is 23.5 Å². The zero-order valence-corrected chi connectivity index (χ0v) is 15.6. The Morgan fingerprint density at radius 2 is 2.04 bits per heavy atom. The molecule has 1 aromatic carbocycles. The molecule has 2 aliphatic rings. The molecule has 1 saturated carbocycles. The van der Waals surface area contributed by atoms with Gasteiger partial charge in [-0.05, 0) is 50.7 Å². The summed E-state index contributed by atoms with van der Waals surface area (Å²) < 4.78 is 22.3. The van der Waals surface area contributed by atoms with Crippen LogP contribution in [0.4, 0.5) is 10.1 Å². The predicted molar refractivity (Wildman–Crippen MR) is 102 cm³/mol. The highest BCUT2D eigenvalue weighted by atomic mass is 19.1. The van der Waals surface area contributed by atoms with E-state index in [1.165, 1.54) is 19.2 Å². The van der Waals surface area contributed by atoms with Gasteiger partial charge >= 0.3 is 0 Å². The minimum atomic E-state index is -0.264. The van der Waals surface area contributed by atoms with Crippen molar-refractivity contribution in [2.75, 3.05) is 25.1 Å². The Balaban J connectivity index is 1.93. The first-order valence-electron chi connectivity index (χ1n) is 9.35. The average molecular weight is 359 g/mol. The number of anilines is 1. The van der Waals surface area contributed by atoms with Crippen molar-refractivity contribution in [2.45, 2.75) is 45.2 Å². The maximum atomic E-state index is 15.1. The Morgan fingerprint density at radius 3 is 2.62 bits per heavy atom. The molecule has 2 aromatic rings. The average Bonchev–Trinajstić information content (AvgIpc) is 3.31. The largest absolute Gasteiger partial charge is 0.496 e. The van der Waals surface area contributed by atoms with Crippen molar-refractivity contribution in [3.8, 4) is 5.75 Å². The van der Waals surface area contributed by atoms with Gasteiger partial charge in [-0.25, -0.2) is 4.39 Å². The van der Waals surface area contributed by atoms with Crippen LogP contribution in [0, 0.1) is 18.7 Å². The van der Waals surface area contributed by atoms with Gasteiger partial charge in [0.2, 0.25) is 0 Å². The Kier molecular flexibility index (Phi) is 4.18. The molecule has 2 atom stereocenters. The van der Waals surface area contributed by atoms with Gasteiger partial charge in [-0.15, -0.1) is 0 Å². The highest BCUT2D eigenvalue weighted by Gasteiger charge is 2.32. The second kappa shape index (κ2) is 6.27. The van der Waals surface area contributed by atoms with E-state index < -0.39 is 0 Å². The molecule has 2 N–H and O–H groups in total. The van der Waals surface area contributed by atoms with Crippen molar-refractivity contribution in [1.29, 1.82) is 0 Å². The van der Waals surface area contributed by atoms with Gasteiger partial charge in [-0.3, -0.25) is 4.79 Å². The quantitative estimate of drug-likeness (QED) is 0.912. The summed E-state index contributed by atoms with van der Waals surface area (Å²) in [6.07, 6.45) is 2.94. The summed E-state index contributed by atoms with van der Waals surface area (Å²) in [7, 11) is 1.52. The first kappa shape index (κ1) is 17.3. The molecule has 4 rings (SSSR count). The molecule has 6 heteroatoms. The van der Waals surface area contributed by atoms with Gasteiger partial charge in [-0.1, -0.05) is 0 Å². The summed E-state index contributed by atoms with van der Waals surface area (Å²) in [4.78, 5) is 14.7. The van der Waals surface area contributed by atoms with Crippen LogP contribution in [0.2, 0.25) is 0 Å². The third kappa shape index (κ3) is 2.67. The third-order valence-electron chi connectivity index (χ3n) is 5.88. The second-order valence-corrected chi connectivity index (χ2v) is 7.73. The normalized spacial score (nSPS) is 21.4. The molecule has 1 saturated heterocycles. The van der Waals surface area contributed by atoms with Gasteiger partial charge in [0, 0.05) is 36.6 Å². The van der Waals surface area contributed by atoms with Gasteiger partial charge < -0.3 is 19.9 Å². The molecule has 1 aliphatic carbocycles. The smallest absolute Gasteiger partial charge is 0.255 e. The summed E-state index contributed by atoms with van der Waals surface area (Å²) in [5, 5.41) is 0.667. The zero-order valence-electron chi connectivity index (χ0n) is 15.6. The van der Waals surface area contributed by atoms with Crippen LogP contribution in [-0.4, -0.2) is 30.8 Å². The standard InChI is InChI=1S/C20H26FN3O2/c1-11-19-15(17(26-3)9-18(25)24(19)14-4-5-14)8-16(21)20(11)23-7-6-13(10-23)12(2)22/h8-9,12-14H,4-7,10,22H2,1-3H3/t12-,13+/m0/s1. The highest BCUT2D eigenvalue weighted by Crippen LogP contribution is 2.42. The number of halogens is 1. The fourth-order valence-corrected chi connectivity index (χ4v) is 4.30. The van der Waals surface area contributed by atoms with Crippen molar-refractivity contribution < 1.29 is 9.13 Å². The zero-order chi connectivity index (χ0) is 18.6. The van der Waals surface area contributed by atoms with Crippen molar-refractivity contribution in [3.63, 3.8) is 0 Å². The molecule has 1 aliphatic heterocycles. The van der Waals surface area contributed by atoms with Crippen molar-refractivity contribution in [2.24, 2.45) is 11.7 Å². The summed E-state index contributed by atoms with van der Waals surface area (Å²) in [6.45, 7) is 5.46. The number of hydrogen-bond acceptors (Lipinski definition) is 4. The molecule has 5 nitrogen and oxygen atoms in total. The second-order valence-electron chi connectivity index (χ2n) is 7.73. The van der Waals surface area contributed by atoms with E-state index in [0.29, 0.717) is 22.7 Å². The number of nitrogens with zero attached hydrogens (tertiary/aromatic N) is 2. The lowest BCUT2D eigenvalue weighted by Gasteiger charge is -2.25. The fourth-order valence-electron chi connectivity index (χ4n) is 4.30. The Bertz CT molecular complexity index is 918. The number of ether oxygens (including phenoxy) is 1. The number of pyridine rings is 1. The molecule has 26 heavy (non-hydrogen) atoms. The number of methoxy groups -OCH3 is 1.